The maximum absolute atomic E-state index is 4.77. The topological polar surface area (TPSA) is 24.4 Å². The molecule has 0 fully saturated rings. The van der Waals surface area contributed by atoms with E-state index >= 15 is 0 Å². The molecule has 0 radical (unpaired) electrons. The second kappa shape index (κ2) is 7.28. The minimum Gasteiger partial charge on any atom is -0.373 e. The predicted octanol–water partition coefficient (Wildman–Crippen LogP) is 3.88. The number of hydrogen-bond acceptors (Lipinski definition) is 2. The van der Waals surface area contributed by atoms with Gasteiger partial charge in [0.05, 0.1) is 5.92 Å². The molecule has 1 unspecified atom stereocenters. The van der Waals surface area contributed by atoms with E-state index in [9.17, 15) is 0 Å². The highest BCUT2D eigenvalue weighted by Gasteiger charge is 2.23. The summed E-state index contributed by atoms with van der Waals surface area (Å²) in [5, 5.41) is 3.52. The number of nitrogens with one attached hydrogen (secondary N) is 1. The molecule has 0 amide bonds. The molecule has 0 saturated heterocycles. The third kappa shape index (κ3) is 3.64. The van der Waals surface area contributed by atoms with Crippen LogP contribution in [0.5, 0.6) is 0 Å². The van der Waals surface area contributed by atoms with Crippen LogP contribution in [0.25, 0.3) is 0 Å². The molecule has 2 nitrogen and oxygen atoms in total. The van der Waals surface area contributed by atoms with Gasteiger partial charge in [-0.2, -0.15) is 0 Å². The van der Waals surface area contributed by atoms with E-state index in [1.165, 1.54) is 11.1 Å². The van der Waals surface area contributed by atoms with E-state index in [1.807, 2.05) is 0 Å². The van der Waals surface area contributed by atoms with Gasteiger partial charge in [0, 0.05) is 13.1 Å². The monoisotopic (exact) mass is 300 g/mol. The van der Waals surface area contributed by atoms with Crippen molar-refractivity contribution in [1.29, 1.82) is 0 Å². The zero-order valence-corrected chi connectivity index (χ0v) is 13.0. The molecule has 1 atom stereocenters. The highest BCUT2D eigenvalue weighted by Crippen LogP contribution is 2.26. The smallest absolute Gasteiger partial charge is 0.108 e. The first-order valence-electron chi connectivity index (χ1n) is 7.22. The number of benzene rings is 2. The number of hydrogen-bond donors (Lipinski definition) is 1. The first-order valence-corrected chi connectivity index (χ1v) is 7.22. The van der Waals surface area contributed by atoms with Crippen LogP contribution in [-0.4, -0.2) is 18.9 Å². The Labute approximate surface area is 132 Å². The highest BCUT2D eigenvalue weighted by molar-refractivity contribution is 5.92. The van der Waals surface area contributed by atoms with E-state index < -0.39 is 0 Å². The van der Waals surface area contributed by atoms with Crippen molar-refractivity contribution in [3.05, 3.63) is 71.8 Å². The molecule has 3 rings (SSSR count). The van der Waals surface area contributed by atoms with E-state index in [2.05, 4.69) is 72.9 Å². The average Bonchev–Trinajstić information content (AvgIpc) is 2.52. The summed E-state index contributed by atoms with van der Waals surface area (Å²) in [5.41, 5.74) is 2.58. The summed E-state index contributed by atoms with van der Waals surface area (Å²) in [7, 11) is 0. The van der Waals surface area contributed by atoms with Crippen LogP contribution in [0.3, 0.4) is 0 Å². The van der Waals surface area contributed by atoms with Crippen LogP contribution in [0.4, 0.5) is 0 Å². The van der Waals surface area contributed by atoms with E-state index in [0.29, 0.717) is 5.92 Å². The van der Waals surface area contributed by atoms with Crippen molar-refractivity contribution in [1.82, 2.24) is 5.32 Å². The first kappa shape index (κ1) is 15.6. The fourth-order valence-electron chi connectivity index (χ4n) is 2.65. The van der Waals surface area contributed by atoms with Crippen molar-refractivity contribution in [3.63, 3.8) is 0 Å². The summed E-state index contributed by atoms with van der Waals surface area (Å²) < 4.78 is 0. The van der Waals surface area contributed by atoms with E-state index in [-0.39, 0.29) is 18.3 Å². The Bertz CT molecular complexity index is 541. The zero-order chi connectivity index (χ0) is 13.8. The summed E-state index contributed by atoms with van der Waals surface area (Å²) in [4.78, 5) is 4.77. The molecule has 1 heterocycles. The molecule has 0 saturated carbocycles. The lowest BCUT2D eigenvalue weighted by atomic mass is 9.89. The van der Waals surface area contributed by atoms with Gasteiger partial charge in [-0.3, -0.25) is 4.99 Å². The van der Waals surface area contributed by atoms with Gasteiger partial charge in [-0.25, -0.2) is 0 Å². The number of rotatable bonds is 3. The van der Waals surface area contributed by atoms with Crippen LogP contribution < -0.4 is 5.32 Å². The molecule has 1 aliphatic heterocycles. The molecular formula is C18H21ClN2. The van der Waals surface area contributed by atoms with Gasteiger partial charge in [-0.15, -0.1) is 12.4 Å². The number of aliphatic imine (C=N–C) groups is 1. The molecule has 1 aliphatic rings. The van der Waals surface area contributed by atoms with E-state index in [4.69, 9.17) is 4.99 Å². The Hall–Kier alpha value is -1.80. The lowest BCUT2D eigenvalue weighted by Crippen LogP contribution is -2.38. The molecule has 0 spiro atoms. The maximum atomic E-state index is 4.77. The van der Waals surface area contributed by atoms with Gasteiger partial charge in [0.25, 0.3) is 0 Å². The minimum absolute atomic E-state index is 0. The molecular weight excluding hydrogens is 280 g/mol. The summed E-state index contributed by atoms with van der Waals surface area (Å²) in [6, 6.07) is 21.2. The van der Waals surface area contributed by atoms with Crippen LogP contribution >= 0.6 is 12.4 Å². The van der Waals surface area contributed by atoms with Gasteiger partial charge in [0.1, 0.15) is 5.84 Å². The summed E-state index contributed by atoms with van der Waals surface area (Å²) in [6.45, 7) is 4.15. The molecule has 2 aromatic carbocycles. The minimum atomic E-state index is 0. The lowest BCUT2D eigenvalue weighted by Gasteiger charge is -2.27. The summed E-state index contributed by atoms with van der Waals surface area (Å²) in [6.07, 6.45) is 0. The first-order chi connectivity index (χ1) is 9.84. The standard InChI is InChI=1S/C18H20N2.ClH/c1-14-12-19-18(20-13-14)17(15-8-4-2-5-9-15)16-10-6-3-7-11-16;/h2-11,14,17H,12-13H2,1H3,(H,19,20);1H. The van der Waals surface area contributed by atoms with Crippen LogP contribution in [0.2, 0.25) is 0 Å². The third-order valence-electron chi connectivity index (χ3n) is 3.74. The van der Waals surface area contributed by atoms with Gasteiger partial charge in [0.15, 0.2) is 0 Å². The van der Waals surface area contributed by atoms with Crippen LogP contribution in [0.1, 0.15) is 24.0 Å². The number of nitrogens with zero attached hydrogens (tertiary/aromatic N) is 1. The second-order valence-electron chi connectivity index (χ2n) is 5.47. The highest BCUT2D eigenvalue weighted by atomic mass is 35.5. The van der Waals surface area contributed by atoms with Gasteiger partial charge < -0.3 is 5.32 Å². The predicted molar refractivity (Wildman–Crippen MR) is 91.4 cm³/mol. The Balaban J connectivity index is 0.00000161. The van der Waals surface area contributed by atoms with Crippen molar-refractivity contribution in [3.8, 4) is 0 Å². The Kier molecular flexibility index (Phi) is 5.40. The SMILES string of the molecule is CC1CN=C(C(c2ccccc2)c2ccccc2)NC1.Cl. The van der Waals surface area contributed by atoms with Gasteiger partial charge in [-0.05, 0) is 17.0 Å². The van der Waals surface area contributed by atoms with Crippen molar-refractivity contribution >= 4 is 18.2 Å². The quantitative estimate of drug-likeness (QED) is 0.914. The van der Waals surface area contributed by atoms with Crippen LogP contribution in [0.15, 0.2) is 65.7 Å². The normalized spacial score (nSPS) is 17.6. The Morgan fingerprint density at radius 1 is 0.952 bits per heavy atom. The zero-order valence-electron chi connectivity index (χ0n) is 12.2. The number of halogens is 1. The van der Waals surface area contributed by atoms with Crippen molar-refractivity contribution in [2.45, 2.75) is 12.8 Å². The third-order valence-corrected chi connectivity index (χ3v) is 3.74. The average molecular weight is 301 g/mol. The molecule has 3 heteroatoms. The molecule has 0 bridgehead atoms. The second-order valence-corrected chi connectivity index (χ2v) is 5.47. The van der Waals surface area contributed by atoms with Gasteiger partial charge in [0.2, 0.25) is 0 Å². The maximum Gasteiger partial charge on any atom is 0.108 e. The Morgan fingerprint density at radius 2 is 1.48 bits per heavy atom. The van der Waals surface area contributed by atoms with E-state index in [1.54, 1.807) is 0 Å². The molecule has 0 aliphatic carbocycles. The fourth-order valence-corrected chi connectivity index (χ4v) is 2.65. The molecule has 110 valence electrons. The van der Waals surface area contributed by atoms with Crippen molar-refractivity contribution in [2.75, 3.05) is 13.1 Å². The van der Waals surface area contributed by atoms with Crippen LogP contribution in [-0.2, 0) is 0 Å². The van der Waals surface area contributed by atoms with Crippen molar-refractivity contribution < 1.29 is 0 Å². The van der Waals surface area contributed by atoms with Crippen molar-refractivity contribution in [2.24, 2.45) is 10.9 Å². The van der Waals surface area contributed by atoms with E-state index in [0.717, 1.165) is 18.9 Å². The Morgan fingerprint density at radius 3 is 1.90 bits per heavy atom. The molecule has 0 aromatic heterocycles. The lowest BCUT2D eigenvalue weighted by molar-refractivity contribution is 0.546. The molecule has 1 N–H and O–H groups in total. The fraction of sp³-hybridized carbons (Fsp3) is 0.278. The molecule has 21 heavy (non-hydrogen) atoms. The van der Waals surface area contributed by atoms with Gasteiger partial charge in [-0.1, -0.05) is 67.6 Å². The van der Waals surface area contributed by atoms with Gasteiger partial charge >= 0.3 is 0 Å². The summed E-state index contributed by atoms with van der Waals surface area (Å²) in [5.74, 6) is 1.93. The summed E-state index contributed by atoms with van der Waals surface area (Å²) >= 11 is 0. The molecule has 2 aromatic rings. The van der Waals surface area contributed by atoms with Crippen LogP contribution in [0, 0.1) is 5.92 Å². The number of amidine groups is 1. The largest absolute Gasteiger partial charge is 0.373 e.